The lowest BCUT2D eigenvalue weighted by atomic mass is 10.1. The van der Waals surface area contributed by atoms with Gasteiger partial charge in [-0.1, -0.05) is 28.1 Å². The first-order valence-corrected chi connectivity index (χ1v) is 11.6. The molecular formula is C23H14Br2FIN2O2. The van der Waals surface area contributed by atoms with Crippen molar-refractivity contribution in [2.24, 2.45) is 0 Å². The second-order valence-corrected chi connectivity index (χ2v) is 9.29. The molecule has 31 heavy (non-hydrogen) atoms. The molecule has 0 unspecified atom stereocenters. The summed E-state index contributed by atoms with van der Waals surface area (Å²) in [4.78, 5) is 12.5. The van der Waals surface area contributed by atoms with Gasteiger partial charge in [-0.15, -0.1) is 0 Å². The van der Waals surface area contributed by atoms with Crippen molar-refractivity contribution in [2.75, 3.05) is 5.32 Å². The van der Waals surface area contributed by atoms with Gasteiger partial charge in [0.2, 0.25) is 0 Å². The van der Waals surface area contributed by atoms with Crippen LogP contribution in [-0.4, -0.2) is 5.91 Å². The molecule has 1 amide bonds. The van der Waals surface area contributed by atoms with Gasteiger partial charge in [0.05, 0.1) is 8.04 Å². The summed E-state index contributed by atoms with van der Waals surface area (Å²) >= 11 is 8.95. The molecule has 1 N–H and O–H groups in total. The van der Waals surface area contributed by atoms with Crippen LogP contribution < -0.4 is 10.1 Å². The van der Waals surface area contributed by atoms with E-state index in [9.17, 15) is 14.4 Å². The van der Waals surface area contributed by atoms with Crippen molar-refractivity contribution in [3.8, 4) is 11.8 Å². The van der Waals surface area contributed by atoms with Crippen molar-refractivity contribution in [3.05, 3.63) is 95.7 Å². The number of nitriles is 1. The Hall–Kier alpha value is -2.22. The van der Waals surface area contributed by atoms with Crippen molar-refractivity contribution in [1.29, 1.82) is 5.26 Å². The lowest BCUT2D eigenvalue weighted by Crippen LogP contribution is -2.13. The molecule has 0 aromatic heterocycles. The highest BCUT2D eigenvalue weighted by Crippen LogP contribution is 2.33. The Bertz CT molecular complexity index is 1150. The summed E-state index contributed by atoms with van der Waals surface area (Å²) in [6.07, 6.45) is 1.52. The lowest BCUT2D eigenvalue weighted by molar-refractivity contribution is -0.112. The number of hydrogen-bond acceptors (Lipinski definition) is 3. The zero-order valence-corrected chi connectivity index (χ0v) is 21.2. The molecule has 0 saturated heterocycles. The molecule has 3 rings (SSSR count). The van der Waals surface area contributed by atoms with Crippen molar-refractivity contribution < 1.29 is 13.9 Å². The van der Waals surface area contributed by atoms with E-state index in [-0.39, 0.29) is 18.0 Å². The van der Waals surface area contributed by atoms with Crippen molar-refractivity contribution in [2.45, 2.75) is 6.61 Å². The van der Waals surface area contributed by atoms with Crippen LogP contribution in [0.25, 0.3) is 6.08 Å². The van der Waals surface area contributed by atoms with Gasteiger partial charge in [-0.05, 0) is 104 Å². The minimum absolute atomic E-state index is 0.0226. The van der Waals surface area contributed by atoms with Crippen LogP contribution in [0.1, 0.15) is 11.1 Å². The van der Waals surface area contributed by atoms with E-state index in [1.807, 2.05) is 12.1 Å². The van der Waals surface area contributed by atoms with Crippen LogP contribution >= 0.6 is 54.5 Å². The summed E-state index contributed by atoms with van der Waals surface area (Å²) in [5.74, 6) is -0.166. The van der Waals surface area contributed by atoms with Crippen LogP contribution in [0.2, 0.25) is 0 Å². The zero-order valence-electron chi connectivity index (χ0n) is 15.8. The van der Waals surface area contributed by atoms with Gasteiger partial charge in [0, 0.05) is 10.2 Å². The highest BCUT2D eigenvalue weighted by Gasteiger charge is 2.13. The Morgan fingerprint density at radius 2 is 1.81 bits per heavy atom. The van der Waals surface area contributed by atoms with Gasteiger partial charge in [-0.2, -0.15) is 5.26 Å². The predicted octanol–water partition coefficient (Wildman–Crippen LogP) is 7.08. The van der Waals surface area contributed by atoms with Gasteiger partial charge >= 0.3 is 0 Å². The molecule has 0 bridgehead atoms. The Labute approximate surface area is 209 Å². The monoisotopic (exact) mass is 654 g/mol. The van der Waals surface area contributed by atoms with E-state index in [0.29, 0.717) is 21.5 Å². The molecule has 0 atom stereocenters. The summed E-state index contributed by atoms with van der Waals surface area (Å²) in [5.41, 5.74) is 2.08. The molecule has 0 fully saturated rings. The Morgan fingerprint density at radius 1 is 1.13 bits per heavy atom. The largest absolute Gasteiger partial charge is 0.487 e. The number of rotatable bonds is 6. The predicted molar refractivity (Wildman–Crippen MR) is 134 cm³/mol. The quantitative estimate of drug-likeness (QED) is 0.175. The smallest absolute Gasteiger partial charge is 0.266 e. The Kier molecular flexibility index (Phi) is 8.23. The standard InChI is InChI=1S/C23H14Br2FIN2O2/c24-17-3-7-19(8-4-17)29-23(30)16(12-28)9-15-10-20(25)22(21(27)11-15)31-13-14-1-5-18(26)6-2-14/h1-11H,13H2,(H,29,30)/b16-9-. The first kappa shape index (κ1) is 23.4. The van der Waals surface area contributed by atoms with E-state index in [0.717, 1.165) is 13.6 Å². The zero-order chi connectivity index (χ0) is 22.4. The number of hydrogen-bond donors (Lipinski definition) is 1. The first-order chi connectivity index (χ1) is 14.9. The molecule has 0 aliphatic heterocycles. The van der Waals surface area contributed by atoms with E-state index in [1.165, 1.54) is 18.2 Å². The van der Waals surface area contributed by atoms with Gasteiger partial charge in [0.1, 0.15) is 29.8 Å². The summed E-state index contributed by atoms with van der Waals surface area (Å²) < 4.78 is 21.3. The topological polar surface area (TPSA) is 62.1 Å². The number of ether oxygens (including phenoxy) is 1. The van der Waals surface area contributed by atoms with Gasteiger partial charge in [0.25, 0.3) is 5.91 Å². The lowest BCUT2D eigenvalue weighted by Gasteiger charge is -2.12. The molecule has 0 radical (unpaired) electrons. The maximum Gasteiger partial charge on any atom is 0.266 e. The van der Waals surface area contributed by atoms with E-state index in [4.69, 9.17) is 4.74 Å². The van der Waals surface area contributed by atoms with Crippen molar-refractivity contribution in [3.63, 3.8) is 0 Å². The van der Waals surface area contributed by atoms with Gasteiger partial charge in [-0.25, -0.2) is 4.39 Å². The fourth-order valence-corrected chi connectivity index (χ4v) is 4.62. The van der Waals surface area contributed by atoms with Crippen LogP contribution in [0.3, 0.4) is 0 Å². The molecule has 0 saturated carbocycles. The van der Waals surface area contributed by atoms with E-state index < -0.39 is 5.91 Å². The SMILES string of the molecule is N#C/C(=C/c1cc(Br)c(OCc2ccc(F)cc2)c(I)c1)C(=O)Nc1ccc(Br)cc1. The minimum atomic E-state index is -0.493. The highest BCUT2D eigenvalue weighted by molar-refractivity contribution is 14.1. The molecule has 3 aromatic carbocycles. The third kappa shape index (κ3) is 6.63. The number of nitrogens with zero attached hydrogens (tertiary/aromatic N) is 1. The van der Waals surface area contributed by atoms with Gasteiger partial charge in [-0.3, -0.25) is 4.79 Å². The van der Waals surface area contributed by atoms with Crippen LogP contribution in [0.15, 0.2) is 75.2 Å². The summed E-state index contributed by atoms with van der Waals surface area (Å²) in [6.45, 7) is 0.281. The summed E-state index contributed by atoms with van der Waals surface area (Å²) in [6, 6.07) is 18.7. The molecule has 0 heterocycles. The van der Waals surface area contributed by atoms with Crippen LogP contribution in [0.5, 0.6) is 5.75 Å². The molecule has 0 spiro atoms. The average Bonchev–Trinajstić information content (AvgIpc) is 2.74. The molecular weight excluding hydrogens is 642 g/mol. The van der Waals surface area contributed by atoms with Crippen LogP contribution in [0, 0.1) is 20.7 Å². The van der Waals surface area contributed by atoms with E-state index in [2.05, 4.69) is 59.8 Å². The fraction of sp³-hybridized carbons (Fsp3) is 0.0435. The third-order valence-corrected chi connectivity index (χ3v) is 6.01. The molecule has 0 aliphatic rings. The summed E-state index contributed by atoms with van der Waals surface area (Å²) in [7, 11) is 0. The normalized spacial score (nSPS) is 11.0. The number of benzene rings is 3. The molecule has 8 heteroatoms. The number of anilines is 1. The number of amides is 1. The van der Waals surface area contributed by atoms with Crippen molar-refractivity contribution >= 4 is 72.1 Å². The second kappa shape index (κ2) is 10.9. The third-order valence-electron chi connectivity index (χ3n) is 4.10. The number of halogens is 4. The molecule has 0 aliphatic carbocycles. The first-order valence-electron chi connectivity index (χ1n) is 8.90. The van der Waals surface area contributed by atoms with Crippen molar-refractivity contribution in [1.82, 2.24) is 0 Å². The van der Waals surface area contributed by atoms with Crippen LogP contribution in [0.4, 0.5) is 10.1 Å². The molecule has 4 nitrogen and oxygen atoms in total. The van der Waals surface area contributed by atoms with Gasteiger partial charge in [0.15, 0.2) is 0 Å². The maximum absolute atomic E-state index is 13.0. The van der Waals surface area contributed by atoms with Crippen LogP contribution in [-0.2, 0) is 11.4 Å². The second-order valence-electron chi connectivity index (χ2n) is 6.36. The number of carbonyl (C=O) groups is 1. The highest BCUT2D eigenvalue weighted by atomic mass is 127. The minimum Gasteiger partial charge on any atom is -0.487 e. The van der Waals surface area contributed by atoms with E-state index in [1.54, 1.807) is 42.5 Å². The summed E-state index contributed by atoms with van der Waals surface area (Å²) in [5, 5.41) is 12.2. The average molecular weight is 656 g/mol. The maximum atomic E-state index is 13.0. The fourth-order valence-electron chi connectivity index (χ4n) is 2.58. The Morgan fingerprint density at radius 3 is 2.42 bits per heavy atom. The molecule has 156 valence electrons. The van der Waals surface area contributed by atoms with Gasteiger partial charge < -0.3 is 10.1 Å². The Balaban J connectivity index is 1.76. The number of carbonyl (C=O) groups excluding carboxylic acids is 1. The van der Waals surface area contributed by atoms with E-state index >= 15 is 0 Å². The number of nitrogens with one attached hydrogen (secondary N) is 1. The molecule has 3 aromatic rings.